The first-order chi connectivity index (χ1) is 10.8. The van der Waals surface area contributed by atoms with E-state index >= 15 is 0 Å². The Balaban J connectivity index is 1.47. The fourth-order valence-corrected chi connectivity index (χ4v) is 3.75. The van der Waals surface area contributed by atoms with E-state index in [0.717, 1.165) is 36.7 Å². The lowest BCUT2D eigenvalue weighted by atomic mass is 10.1. The Bertz CT molecular complexity index is 791. The second kappa shape index (κ2) is 5.78. The van der Waals surface area contributed by atoms with Crippen molar-refractivity contribution < 1.29 is 0 Å². The third-order valence-corrected chi connectivity index (χ3v) is 5.18. The summed E-state index contributed by atoms with van der Waals surface area (Å²) in [7, 11) is 0. The van der Waals surface area contributed by atoms with E-state index in [2.05, 4.69) is 49.5 Å². The Morgan fingerprint density at radius 3 is 3.27 bits per heavy atom. The average molecular weight is 313 g/mol. The largest absolute Gasteiger partial charge is 0.314 e. The van der Waals surface area contributed by atoms with E-state index in [-0.39, 0.29) is 6.04 Å². The number of aromatic nitrogens is 4. The van der Waals surface area contributed by atoms with Crippen LogP contribution >= 0.6 is 11.3 Å². The summed E-state index contributed by atoms with van der Waals surface area (Å²) in [5, 5.41) is 14.3. The zero-order valence-corrected chi connectivity index (χ0v) is 13.4. The summed E-state index contributed by atoms with van der Waals surface area (Å²) in [6, 6.07) is 4.53. The van der Waals surface area contributed by atoms with Gasteiger partial charge in [-0.3, -0.25) is 4.98 Å². The Morgan fingerprint density at radius 2 is 2.32 bits per heavy atom. The van der Waals surface area contributed by atoms with Crippen molar-refractivity contribution >= 4 is 21.6 Å². The number of pyridine rings is 1. The molecule has 1 N–H and O–H groups in total. The van der Waals surface area contributed by atoms with Gasteiger partial charge in [-0.05, 0) is 42.8 Å². The summed E-state index contributed by atoms with van der Waals surface area (Å²) in [6.45, 7) is 3.97. The molecule has 3 aromatic rings. The lowest BCUT2D eigenvalue weighted by molar-refractivity contribution is 0.484. The van der Waals surface area contributed by atoms with E-state index < -0.39 is 0 Å². The van der Waals surface area contributed by atoms with Gasteiger partial charge in [0, 0.05) is 25.2 Å². The highest BCUT2D eigenvalue weighted by Crippen LogP contribution is 2.23. The van der Waals surface area contributed by atoms with Gasteiger partial charge in [0.15, 0.2) is 0 Å². The van der Waals surface area contributed by atoms with Crippen LogP contribution in [0.3, 0.4) is 0 Å². The first kappa shape index (κ1) is 13.8. The molecule has 114 valence electrons. The normalized spacial score (nSPS) is 15.9. The molecule has 6 heteroatoms. The first-order valence-electron chi connectivity index (χ1n) is 7.79. The van der Waals surface area contributed by atoms with E-state index in [0.29, 0.717) is 0 Å². The number of fused-ring (bicyclic) bond motifs is 2. The molecule has 1 aliphatic rings. The topological polar surface area (TPSA) is 55.6 Å². The van der Waals surface area contributed by atoms with Crippen molar-refractivity contribution in [1.82, 2.24) is 25.1 Å². The molecule has 1 unspecified atom stereocenters. The molecule has 0 amide bonds. The summed E-state index contributed by atoms with van der Waals surface area (Å²) >= 11 is 1.74. The maximum absolute atomic E-state index is 4.51. The Morgan fingerprint density at radius 1 is 1.36 bits per heavy atom. The van der Waals surface area contributed by atoms with Crippen molar-refractivity contribution in [3.8, 4) is 0 Å². The van der Waals surface area contributed by atoms with Crippen molar-refractivity contribution in [2.45, 2.75) is 45.3 Å². The number of hydrogen-bond donors (Lipinski definition) is 1. The molecule has 4 heterocycles. The molecule has 0 aliphatic carbocycles. The minimum Gasteiger partial charge on any atom is -0.314 e. The Labute approximate surface area is 133 Å². The second-order valence-corrected chi connectivity index (χ2v) is 6.76. The Kier molecular flexibility index (Phi) is 3.63. The third-order valence-electron chi connectivity index (χ3n) is 4.33. The van der Waals surface area contributed by atoms with Gasteiger partial charge < -0.3 is 9.88 Å². The van der Waals surface area contributed by atoms with E-state index in [1.807, 2.05) is 6.20 Å². The second-order valence-electron chi connectivity index (χ2n) is 5.82. The molecule has 0 aromatic carbocycles. The molecule has 0 saturated heterocycles. The fraction of sp³-hybridized carbons (Fsp3) is 0.438. The molecule has 22 heavy (non-hydrogen) atoms. The van der Waals surface area contributed by atoms with Gasteiger partial charge in [0.25, 0.3) is 0 Å². The summed E-state index contributed by atoms with van der Waals surface area (Å²) in [4.78, 5) is 4.51. The highest BCUT2D eigenvalue weighted by atomic mass is 32.1. The maximum Gasteiger partial charge on any atom is 0.147 e. The van der Waals surface area contributed by atoms with Crippen molar-refractivity contribution in [2.75, 3.05) is 0 Å². The van der Waals surface area contributed by atoms with Gasteiger partial charge in [-0.15, -0.1) is 21.5 Å². The quantitative estimate of drug-likeness (QED) is 0.804. The zero-order chi connectivity index (χ0) is 14.9. The maximum atomic E-state index is 4.51. The van der Waals surface area contributed by atoms with Crippen LogP contribution < -0.4 is 5.32 Å². The highest BCUT2D eigenvalue weighted by molar-refractivity contribution is 7.17. The van der Waals surface area contributed by atoms with Crippen molar-refractivity contribution in [2.24, 2.45) is 0 Å². The highest BCUT2D eigenvalue weighted by Gasteiger charge is 2.16. The number of hydrogen-bond acceptors (Lipinski definition) is 5. The van der Waals surface area contributed by atoms with E-state index in [1.165, 1.54) is 23.1 Å². The summed E-state index contributed by atoms with van der Waals surface area (Å²) < 4.78 is 3.51. The van der Waals surface area contributed by atoms with Gasteiger partial charge >= 0.3 is 0 Å². The molecular formula is C16H19N5S. The summed E-state index contributed by atoms with van der Waals surface area (Å²) in [5.74, 6) is 2.18. The average Bonchev–Trinajstić information content (AvgIpc) is 3.18. The Hall–Kier alpha value is -1.79. The third kappa shape index (κ3) is 2.53. The molecule has 4 rings (SSSR count). The summed E-state index contributed by atoms with van der Waals surface area (Å²) in [6.07, 6.45) is 5.48. The van der Waals surface area contributed by atoms with E-state index in [4.69, 9.17) is 0 Å². The van der Waals surface area contributed by atoms with Crippen LogP contribution in [0.2, 0.25) is 0 Å². The molecule has 5 nitrogen and oxygen atoms in total. The number of nitrogens with zero attached hydrogens (tertiary/aromatic N) is 4. The lowest BCUT2D eigenvalue weighted by Crippen LogP contribution is -2.22. The predicted molar refractivity (Wildman–Crippen MR) is 87.8 cm³/mol. The van der Waals surface area contributed by atoms with Crippen LogP contribution in [0.1, 0.15) is 43.0 Å². The number of rotatable bonds is 4. The molecule has 0 bridgehead atoms. The smallest absolute Gasteiger partial charge is 0.147 e. The first-order valence-corrected chi connectivity index (χ1v) is 8.67. The number of aryl methyl sites for hydroxylation is 1. The standard InChI is InChI=1S/C16H19N5S/c1-11(12-8-14-13(18-9-12)5-7-22-14)17-10-16-20-19-15-4-2-3-6-21(15)16/h5,7-9,11,17H,2-4,6,10H2,1H3. The monoisotopic (exact) mass is 313 g/mol. The number of thiophene rings is 1. The van der Waals surface area contributed by atoms with Crippen LogP contribution in [-0.2, 0) is 19.5 Å². The molecular weight excluding hydrogens is 294 g/mol. The van der Waals surface area contributed by atoms with Crippen molar-refractivity contribution in [1.29, 1.82) is 0 Å². The lowest BCUT2D eigenvalue weighted by Gasteiger charge is -2.17. The molecule has 0 fully saturated rings. The van der Waals surface area contributed by atoms with Crippen LogP contribution in [0.25, 0.3) is 10.2 Å². The zero-order valence-electron chi connectivity index (χ0n) is 12.6. The van der Waals surface area contributed by atoms with Gasteiger partial charge in [-0.2, -0.15) is 0 Å². The summed E-state index contributed by atoms with van der Waals surface area (Å²) in [5.41, 5.74) is 2.29. The van der Waals surface area contributed by atoms with Crippen molar-refractivity contribution in [3.05, 3.63) is 40.9 Å². The van der Waals surface area contributed by atoms with Crippen LogP contribution in [0, 0.1) is 0 Å². The molecule has 0 radical (unpaired) electrons. The molecule has 0 saturated carbocycles. The van der Waals surface area contributed by atoms with Gasteiger partial charge in [0.1, 0.15) is 11.6 Å². The van der Waals surface area contributed by atoms with E-state index in [9.17, 15) is 0 Å². The van der Waals surface area contributed by atoms with Gasteiger partial charge in [-0.1, -0.05) is 0 Å². The molecule has 1 atom stereocenters. The van der Waals surface area contributed by atoms with Gasteiger partial charge in [-0.25, -0.2) is 0 Å². The van der Waals surface area contributed by atoms with Crippen molar-refractivity contribution in [3.63, 3.8) is 0 Å². The fourth-order valence-electron chi connectivity index (χ4n) is 2.96. The predicted octanol–water partition coefficient (Wildman–Crippen LogP) is 3.07. The molecule has 3 aromatic heterocycles. The minimum absolute atomic E-state index is 0.246. The van der Waals surface area contributed by atoms with Crippen LogP contribution in [0.5, 0.6) is 0 Å². The minimum atomic E-state index is 0.246. The van der Waals surface area contributed by atoms with E-state index in [1.54, 1.807) is 11.3 Å². The SMILES string of the molecule is CC(NCc1nnc2n1CCCC2)c1cnc2ccsc2c1. The van der Waals surface area contributed by atoms with Crippen LogP contribution in [0.15, 0.2) is 23.7 Å². The van der Waals surface area contributed by atoms with Gasteiger partial charge in [0.05, 0.1) is 16.8 Å². The molecule has 1 aliphatic heterocycles. The van der Waals surface area contributed by atoms with Gasteiger partial charge in [0.2, 0.25) is 0 Å². The van der Waals surface area contributed by atoms with Crippen LogP contribution in [0.4, 0.5) is 0 Å². The van der Waals surface area contributed by atoms with Crippen LogP contribution in [-0.4, -0.2) is 19.7 Å². The molecule has 0 spiro atoms. The number of nitrogens with one attached hydrogen (secondary N) is 1.